The molecular weight excluding hydrogens is 455 g/mol. The Morgan fingerprint density at radius 3 is 2.91 bits per heavy atom. The highest BCUT2D eigenvalue weighted by Gasteiger charge is 2.24. The summed E-state index contributed by atoms with van der Waals surface area (Å²) in [6, 6.07) is 13.8. The van der Waals surface area contributed by atoms with Crippen molar-refractivity contribution in [3.8, 4) is 17.1 Å². The van der Waals surface area contributed by atoms with Crippen molar-refractivity contribution in [2.45, 2.75) is 17.9 Å². The van der Waals surface area contributed by atoms with Crippen LogP contribution in [0.4, 0.5) is 4.39 Å². The summed E-state index contributed by atoms with van der Waals surface area (Å²) >= 11 is 1.38. The number of thioether (sulfide) groups is 1. The summed E-state index contributed by atoms with van der Waals surface area (Å²) in [5.41, 5.74) is 1.45. The SMILES string of the molecule is O=C(CSc1ccc2nnc(-c3cccnc3)n2n1)N1CCC[C@@H](COc2ccccc2F)C1. The zero-order valence-electron chi connectivity index (χ0n) is 18.4. The van der Waals surface area contributed by atoms with Gasteiger partial charge in [0, 0.05) is 37.0 Å². The van der Waals surface area contributed by atoms with Crippen LogP contribution in [0.15, 0.2) is 66.0 Å². The van der Waals surface area contributed by atoms with Crippen LogP contribution < -0.4 is 4.74 Å². The topological polar surface area (TPSA) is 85.5 Å². The highest BCUT2D eigenvalue weighted by atomic mass is 32.2. The van der Waals surface area contributed by atoms with Crippen LogP contribution in [0.25, 0.3) is 17.0 Å². The molecule has 10 heteroatoms. The lowest BCUT2D eigenvalue weighted by atomic mass is 9.99. The third-order valence-corrected chi connectivity index (χ3v) is 6.59. The van der Waals surface area contributed by atoms with E-state index in [1.54, 1.807) is 35.1 Å². The number of hydrogen-bond acceptors (Lipinski definition) is 7. The van der Waals surface area contributed by atoms with E-state index < -0.39 is 0 Å². The van der Waals surface area contributed by atoms with E-state index >= 15 is 0 Å². The average Bonchev–Trinajstić information content (AvgIpc) is 3.31. The molecule has 0 radical (unpaired) electrons. The fourth-order valence-electron chi connectivity index (χ4n) is 3.95. The molecular formula is C24H23FN6O2S. The molecule has 0 unspecified atom stereocenters. The van der Waals surface area contributed by atoms with Crippen LogP contribution in [0.2, 0.25) is 0 Å². The first-order chi connectivity index (χ1) is 16.7. The zero-order valence-corrected chi connectivity index (χ0v) is 19.2. The van der Waals surface area contributed by atoms with Crippen LogP contribution in [-0.4, -0.2) is 61.1 Å². The highest BCUT2D eigenvalue weighted by Crippen LogP contribution is 2.23. The Labute approximate surface area is 200 Å². The maximum Gasteiger partial charge on any atom is 0.233 e. The molecule has 8 nitrogen and oxygen atoms in total. The predicted octanol–water partition coefficient (Wildman–Crippen LogP) is 3.74. The monoisotopic (exact) mass is 478 g/mol. The molecule has 3 aromatic heterocycles. The van der Waals surface area contributed by atoms with Crippen molar-refractivity contribution in [3.05, 3.63) is 66.7 Å². The molecule has 1 aliphatic heterocycles. The van der Waals surface area contributed by atoms with E-state index in [0.717, 1.165) is 24.9 Å². The van der Waals surface area contributed by atoms with Gasteiger partial charge in [-0.15, -0.1) is 10.2 Å². The van der Waals surface area contributed by atoms with Crippen molar-refractivity contribution in [1.29, 1.82) is 0 Å². The molecule has 1 saturated heterocycles. The van der Waals surface area contributed by atoms with Crippen molar-refractivity contribution < 1.29 is 13.9 Å². The normalized spacial score (nSPS) is 16.0. The van der Waals surface area contributed by atoms with Gasteiger partial charge >= 0.3 is 0 Å². The second-order valence-corrected chi connectivity index (χ2v) is 9.08. The predicted molar refractivity (Wildman–Crippen MR) is 126 cm³/mol. The maximum absolute atomic E-state index is 13.8. The fraction of sp³-hybridized carbons (Fsp3) is 0.292. The molecule has 4 aromatic rings. The number of para-hydroxylation sites is 1. The Hall–Kier alpha value is -3.53. The Morgan fingerprint density at radius 2 is 2.06 bits per heavy atom. The number of amides is 1. The third kappa shape index (κ3) is 5.01. The van der Waals surface area contributed by atoms with Gasteiger partial charge in [-0.1, -0.05) is 23.9 Å². The number of carbonyl (C=O) groups is 1. The van der Waals surface area contributed by atoms with E-state index in [9.17, 15) is 9.18 Å². The maximum atomic E-state index is 13.8. The van der Waals surface area contributed by atoms with Crippen LogP contribution in [0.3, 0.4) is 0 Å². The number of benzene rings is 1. The molecule has 1 aromatic carbocycles. The van der Waals surface area contributed by atoms with E-state index in [0.29, 0.717) is 29.6 Å². The summed E-state index contributed by atoms with van der Waals surface area (Å²) in [5.74, 6) is 0.999. The van der Waals surface area contributed by atoms with Crippen LogP contribution in [0, 0.1) is 11.7 Å². The number of fused-ring (bicyclic) bond motifs is 1. The van der Waals surface area contributed by atoms with E-state index in [4.69, 9.17) is 4.74 Å². The van der Waals surface area contributed by atoms with Crippen LogP contribution >= 0.6 is 11.8 Å². The van der Waals surface area contributed by atoms with Crippen molar-refractivity contribution in [3.63, 3.8) is 0 Å². The van der Waals surface area contributed by atoms with Crippen LogP contribution in [-0.2, 0) is 4.79 Å². The van der Waals surface area contributed by atoms with Gasteiger partial charge in [0.05, 0.1) is 12.4 Å². The molecule has 0 saturated carbocycles. The Morgan fingerprint density at radius 1 is 1.15 bits per heavy atom. The van der Waals surface area contributed by atoms with Gasteiger partial charge in [0.15, 0.2) is 23.0 Å². The van der Waals surface area contributed by atoms with E-state index in [1.807, 2.05) is 29.2 Å². The largest absolute Gasteiger partial charge is 0.490 e. The van der Waals surface area contributed by atoms with Crippen LogP contribution in [0.5, 0.6) is 5.75 Å². The van der Waals surface area contributed by atoms with Gasteiger partial charge in [-0.05, 0) is 49.2 Å². The van der Waals surface area contributed by atoms with Gasteiger partial charge in [-0.2, -0.15) is 9.61 Å². The number of aromatic nitrogens is 5. The Bertz CT molecular complexity index is 1280. The fourth-order valence-corrected chi connectivity index (χ4v) is 4.71. The van der Waals surface area contributed by atoms with Crippen molar-refractivity contribution >= 4 is 23.3 Å². The molecule has 1 aliphatic rings. The Kier molecular flexibility index (Phi) is 6.66. The first-order valence-corrected chi connectivity index (χ1v) is 12.1. The molecule has 1 fully saturated rings. The van der Waals surface area contributed by atoms with Crippen molar-refractivity contribution in [2.24, 2.45) is 5.92 Å². The lowest BCUT2D eigenvalue weighted by Crippen LogP contribution is -2.42. The molecule has 0 bridgehead atoms. The summed E-state index contributed by atoms with van der Waals surface area (Å²) in [5, 5.41) is 13.7. The summed E-state index contributed by atoms with van der Waals surface area (Å²) in [6.07, 6.45) is 5.27. The number of pyridine rings is 1. The number of rotatable bonds is 7. The number of ether oxygens (including phenoxy) is 1. The number of hydrogen-bond donors (Lipinski definition) is 0. The minimum atomic E-state index is -0.369. The second-order valence-electron chi connectivity index (χ2n) is 8.08. The van der Waals surface area contributed by atoms with Gasteiger partial charge in [0.1, 0.15) is 5.03 Å². The summed E-state index contributed by atoms with van der Waals surface area (Å²) in [4.78, 5) is 18.9. The van der Waals surface area contributed by atoms with Gasteiger partial charge in [0.2, 0.25) is 5.91 Å². The lowest BCUT2D eigenvalue weighted by molar-refractivity contribution is -0.130. The average molecular weight is 479 g/mol. The van der Waals surface area contributed by atoms with Gasteiger partial charge in [0.25, 0.3) is 0 Å². The van der Waals surface area contributed by atoms with Crippen molar-refractivity contribution in [1.82, 2.24) is 29.7 Å². The second kappa shape index (κ2) is 10.2. The molecule has 0 spiro atoms. The van der Waals surface area contributed by atoms with Gasteiger partial charge in [-0.25, -0.2) is 4.39 Å². The van der Waals surface area contributed by atoms with E-state index in [1.165, 1.54) is 17.8 Å². The van der Waals surface area contributed by atoms with E-state index in [2.05, 4.69) is 20.3 Å². The first-order valence-electron chi connectivity index (χ1n) is 11.1. The van der Waals surface area contributed by atoms with Gasteiger partial charge in [-0.3, -0.25) is 9.78 Å². The molecule has 34 heavy (non-hydrogen) atoms. The minimum Gasteiger partial charge on any atom is -0.490 e. The molecule has 1 atom stereocenters. The lowest BCUT2D eigenvalue weighted by Gasteiger charge is -2.32. The number of carbonyl (C=O) groups excluding carboxylic acids is 1. The Balaban J connectivity index is 1.19. The molecule has 5 rings (SSSR count). The molecule has 1 amide bonds. The number of halogens is 1. The highest BCUT2D eigenvalue weighted by molar-refractivity contribution is 7.99. The third-order valence-electron chi connectivity index (χ3n) is 5.68. The number of piperidine rings is 1. The standard InChI is InChI=1S/C24H23FN6O2S/c25-19-7-1-2-8-20(19)33-15-17-5-4-12-30(14-17)23(32)16-34-22-10-9-21-27-28-24(31(21)29-22)18-6-3-11-26-13-18/h1-3,6-11,13,17H,4-5,12,14-16H2/t17-/m1/s1. The summed E-state index contributed by atoms with van der Waals surface area (Å²) in [7, 11) is 0. The summed E-state index contributed by atoms with van der Waals surface area (Å²) < 4.78 is 21.1. The number of nitrogens with zero attached hydrogens (tertiary/aromatic N) is 6. The van der Waals surface area contributed by atoms with Crippen molar-refractivity contribution in [2.75, 3.05) is 25.4 Å². The zero-order chi connectivity index (χ0) is 23.3. The molecule has 4 heterocycles. The quantitative estimate of drug-likeness (QED) is 0.374. The molecule has 0 aliphatic carbocycles. The van der Waals surface area contributed by atoms with E-state index in [-0.39, 0.29) is 29.1 Å². The molecule has 174 valence electrons. The smallest absolute Gasteiger partial charge is 0.233 e. The minimum absolute atomic E-state index is 0.0544. The van der Waals surface area contributed by atoms with Gasteiger partial charge < -0.3 is 9.64 Å². The molecule has 0 N–H and O–H groups in total. The summed E-state index contributed by atoms with van der Waals surface area (Å²) in [6.45, 7) is 1.72. The first kappa shape index (κ1) is 22.3. The van der Waals surface area contributed by atoms with Crippen LogP contribution in [0.1, 0.15) is 12.8 Å². The number of likely N-dealkylation sites (tertiary alicyclic amines) is 1.